The van der Waals surface area contributed by atoms with Crippen molar-refractivity contribution in [2.75, 3.05) is 110 Å². The number of rotatable bonds is 26. The van der Waals surface area contributed by atoms with Crippen LogP contribution in [-0.4, -0.2) is 203 Å². The van der Waals surface area contributed by atoms with E-state index in [1.54, 1.807) is 31.3 Å². The lowest BCUT2D eigenvalue weighted by molar-refractivity contribution is -0.203. The molecule has 21 nitrogen and oxygen atoms in total. The lowest BCUT2D eigenvalue weighted by Gasteiger charge is -2.63. The van der Waals surface area contributed by atoms with Gasteiger partial charge in [-0.3, -0.25) is 19.4 Å². The number of carbonyl (C=O) groups excluding carboxylic acids is 2. The van der Waals surface area contributed by atoms with Crippen molar-refractivity contribution < 1.29 is 52.7 Å². The van der Waals surface area contributed by atoms with E-state index < -0.39 is 68.1 Å². The molecule has 468 valence electrons. The predicted octanol–water partition coefficient (Wildman–Crippen LogP) is 7.16. The van der Waals surface area contributed by atoms with Crippen LogP contribution in [0.1, 0.15) is 80.3 Å². The van der Waals surface area contributed by atoms with Gasteiger partial charge in [-0.25, -0.2) is 9.97 Å². The number of hydrogen-bond donors (Lipinski definition) is 5. The van der Waals surface area contributed by atoms with E-state index in [1.165, 1.54) is 7.11 Å². The van der Waals surface area contributed by atoms with Gasteiger partial charge in [-0.2, -0.15) is 0 Å². The first kappa shape index (κ1) is 64.1. The van der Waals surface area contributed by atoms with Crippen molar-refractivity contribution >= 4 is 56.9 Å². The number of ether oxygens (including phenoxy) is 5. The van der Waals surface area contributed by atoms with E-state index in [9.17, 15) is 15.3 Å². The molecular weight excluding hydrogens is 1150 g/mol. The van der Waals surface area contributed by atoms with Crippen molar-refractivity contribution in [1.29, 1.82) is 0 Å². The van der Waals surface area contributed by atoms with Crippen LogP contribution < -0.4 is 15.0 Å². The number of aromatic amines is 1. The monoisotopic (exact) mass is 1240 g/mol. The van der Waals surface area contributed by atoms with Gasteiger partial charge in [0.05, 0.1) is 65.5 Å². The average Bonchev–Trinajstić information content (AvgIpc) is 1.44. The van der Waals surface area contributed by atoms with Gasteiger partial charge in [0.2, 0.25) is 0 Å². The van der Waals surface area contributed by atoms with Gasteiger partial charge in [-0.1, -0.05) is 61.1 Å². The second-order valence-corrected chi connectivity index (χ2v) is 36.2. The minimum atomic E-state index is -2.30. The normalized spacial score (nSPS) is 29.4. The van der Waals surface area contributed by atoms with Gasteiger partial charge in [-0.15, -0.1) is 0 Å². The summed E-state index contributed by atoms with van der Waals surface area (Å²) in [5, 5.41) is 48.2. The van der Waals surface area contributed by atoms with Crippen LogP contribution in [0.25, 0.3) is 21.3 Å². The number of anilines is 1. The van der Waals surface area contributed by atoms with E-state index in [4.69, 9.17) is 33.3 Å². The Hall–Kier alpha value is -4.93. The molecule has 1 unspecified atom stereocenters. The third kappa shape index (κ3) is 11.8. The van der Waals surface area contributed by atoms with Crippen molar-refractivity contribution in [3.63, 3.8) is 0 Å². The number of esters is 1. The fourth-order valence-corrected chi connectivity index (χ4v) is 26.6. The number of aliphatic hydroxyl groups excluding tert-OH is 1. The molecule has 10 rings (SSSR count). The number of methoxy groups -OCH3 is 2. The Balaban J connectivity index is 0.878. The molecule has 6 aliphatic rings. The van der Waals surface area contributed by atoms with Crippen LogP contribution in [0, 0.1) is 11.3 Å². The first-order chi connectivity index (χ1) is 41.2. The van der Waals surface area contributed by atoms with Gasteiger partial charge in [0, 0.05) is 125 Å². The summed E-state index contributed by atoms with van der Waals surface area (Å²) < 4.78 is 36.2. The maximum Gasteiger partial charge on any atom is 0.322 e. The average molecular weight is 1240 g/mol. The highest BCUT2D eigenvalue weighted by molar-refractivity contribution is 8.00. The zero-order chi connectivity index (χ0) is 61.3. The maximum absolute atomic E-state index is 15.6. The predicted molar refractivity (Wildman–Crippen MR) is 335 cm³/mol. The SMILES string of the molecule is CC[C@]1(O)C[C@@H]2CN(CCc3c([nH]c4ccccc34)[C@@](C(=O)OC)(c3cc4c(cc3OC)N(C)[C@H]3[C@@](O)(C(=O)NCCC[Si](C)(C)O[Si](C)(C)CSc5ncc(COCCOCCOCCN=[N+]=[N-])cn5)[C@H](O)[C@]5(CC)C=CCN6CC[C@]43[C@@H]65)C2)C1. The van der Waals surface area contributed by atoms with E-state index in [-0.39, 0.29) is 18.5 Å². The Labute approximate surface area is 512 Å². The molecule has 1 saturated carbocycles. The van der Waals surface area contributed by atoms with Crippen LogP contribution in [0.5, 0.6) is 5.75 Å². The summed E-state index contributed by atoms with van der Waals surface area (Å²) in [6.07, 6.45) is 9.95. The third-order valence-electron chi connectivity index (χ3n) is 19.6. The Bertz CT molecular complexity index is 3170. The fourth-order valence-electron chi connectivity index (χ4n) is 16.2. The summed E-state index contributed by atoms with van der Waals surface area (Å²) in [6.45, 7) is 19.2. The van der Waals surface area contributed by atoms with Crippen molar-refractivity contribution in [2.24, 2.45) is 16.4 Å². The third-order valence-corrected chi connectivity index (χ3v) is 29.4. The summed E-state index contributed by atoms with van der Waals surface area (Å²) in [7, 11) is 0.474. The van der Waals surface area contributed by atoms with Crippen molar-refractivity contribution in [1.82, 2.24) is 30.1 Å². The molecule has 7 heterocycles. The van der Waals surface area contributed by atoms with Crippen molar-refractivity contribution in [2.45, 2.75) is 143 Å². The number of likely N-dealkylation sites (N-methyl/N-ethyl adjacent to an activating group) is 1. The lowest BCUT2D eigenvalue weighted by atomic mass is 9.47. The van der Waals surface area contributed by atoms with E-state index >= 15 is 9.59 Å². The maximum atomic E-state index is 15.6. The number of benzene rings is 2. The smallest absolute Gasteiger partial charge is 0.322 e. The van der Waals surface area contributed by atoms with Gasteiger partial charge >= 0.3 is 5.97 Å². The van der Waals surface area contributed by atoms with Gasteiger partial charge in [0.25, 0.3) is 5.91 Å². The number of para-hydroxylation sites is 1. The number of amides is 1. The highest BCUT2D eigenvalue weighted by Gasteiger charge is 2.78. The largest absolute Gasteiger partial charge is 0.496 e. The van der Waals surface area contributed by atoms with E-state index in [0.717, 1.165) is 50.4 Å². The Morgan fingerprint density at radius 2 is 1.70 bits per heavy atom. The second-order valence-electron chi connectivity index (χ2n) is 26.0. The summed E-state index contributed by atoms with van der Waals surface area (Å²) in [5.74, 6) is -0.694. The zero-order valence-corrected chi connectivity index (χ0v) is 54.5. The fraction of sp³-hybridized carbons (Fsp3) is 0.645. The standard InChI is InChI=1S/C62H90N10O11SSi2/c1-10-58(76)34-42-35-61(56(75)79-5,51-45(18-24-71(38-42)40-58)44-16-12-13-17-48(44)68-51)47-32-46-49(33-50(47)78-4)70(3)53-60(46)20-25-72-23-14-19-59(11-2,52(60)72)54(73)62(53,77)55(74)64-21-15-31-85(6,7)83-86(8,9)41-84-57-65-36-43(37-66-57)39-82-30-29-81-28-27-80-26-22-67-69-63/h12-14,16-17,19,32-33,36-37,42,52-54,68,73,76-77H,10-11,15,18,20-31,34-35,38-41H2,1-9H3,(H,64,74)/t42-,52-,53+,54+,58-,59+,60+,61-,62-/m0/s1. The minimum Gasteiger partial charge on any atom is -0.496 e. The molecule has 0 radical (unpaired) electrons. The van der Waals surface area contributed by atoms with Crippen molar-refractivity contribution in [3.05, 3.63) is 99.3 Å². The van der Waals surface area contributed by atoms with E-state index in [0.29, 0.717) is 140 Å². The Kier molecular flexibility index (Phi) is 19.3. The highest BCUT2D eigenvalue weighted by atomic mass is 32.2. The molecule has 1 amide bonds. The number of azide groups is 1. The Morgan fingerprint density at radius 3 is 2.42 bits per heavy atom. The van der Waals surface area contributed by atoms with Crippen LogP contribution in [0.2, 0.25) is 32.2 Å². The summed E-state index contributed by atoms with van der Waals surface area (Å²) >= 11 is 1.58. The number of carbonyl (C=O) groups is 2. The molecule has 1 aliphatic carbocycles. The summed E-state index contributed by atoms with van der Waals surface area (Å²) in [6, 6.07) is 11.9. The van der Waals surface area contributed by atoms with Crippen LogP contribution in [-0.2, 0) is 56.5 Å². The minimum absolute atomic E-state index is 0.112. The Morgan fingerprint density at radius 1 is 0.953 bits per heavy atom. The number of hydrogen-bond acceptors (Lipinski definition) is 18. The number of nitrogens with zero attached hydrogens (tertiary/aromatic N) is 8. The molecule has 1 spiro atoms. The van der Waals surface area contributed by atoms with E-state index in [1.807, 2.05) is 44.0 Å². The molecule has 86 heavy (non-hydrogen) atoms. The highest BCUT2D eigenvalue weighted by Crippen LogP contribution is 2.68. The molecular formula is C62H90N10O11SSi2. The van der Waals surface area contributed by atoms with Crippen LogP contribution in [0.4, 0.5) is 5.69 Å². The molecule has 2 aromatic carbocycles. The molecule has 10 atom stereocenters. The molecule has 2 bridgehead atoms. The molecule has 5 N–H and O–H groups in total. The molecule has 5 aliphatic heterocycles. The first-order valence-electron chi connectivity index (χ1n) is 30.8. The number of aromatic nitrogens is 3. The number of aliphatic hydroxyl groups is 3. The van der Waals surface area contributed by atoms with Crippen LogP contribution in [0.3, 0.4) is 0 Å². The number of H-pyrrole nitrogens is 1. The lowest BCUT2D eigenvalue weighted by Crippen LogP contribution is -2.81. The van der Waals surface area contributed by atoms with Crippen molar-refractivity contribution in [3.8, 4) is 5.75 Å². The van der Waals surface area contributed by atoms with Gasteiger partial charge < -0.3 is 58.3 Å². The molecule has 2 saturated heterocycles. The number of fused-ring (bicyclic) bond motifs is 6. The summed E-state index contributed by atoms with van der Waals surface area (Å²) in [5.41, 5.74) is 7.56. The molecule has 24 heteroatoms. The number of nitrogens with one attached hydrogen (secondary N) is 2. The number of piperidine rings is 1. The van der Waals surface area contributed by atoms with Crippen LogP contribution >= 0.6 is 11.8 Å². The van der Waals surface area contributed by atoms with Gasteiger partial charge in [0.1, 0.15) is 17.3 Å². The number of thioether (sulfide) groups is 1. The summed E-state index contributed by atoms with van der Waals surface area (Å²) in [4.78, 5) is 53.6. The zero-order valence-electron chi connectivity index (χ0n) is 51.7. The topological polar surface area (TPSA) is 262 Å². The quantitative estimate of drug-likeness (QED) is 0.00481. The molecule has 2 aromatic heterocycles. The van der Waals surface area contributed by atoms with Gasteiger partial charge in [-0.05, 0) is 118 Å². The van der Waals surface area contributed by atoms with E-state index in [2.05, 4.69) is 96.6 Å². The molecule has 4 aromatic rings. The molecule has 3 fully saturated rings. The first-order valence-corrected chi connectivity index (χ1v) is 38.0. The van der Waals surface area contributed by atoms with Gasteiger partial charge in [0.15, 0.2) is 27.4 Å². The second kappa shape index (κ2) is 25.9. The van der Waals surface area contributed by atoms with Crippen LogP contribution in [0.15, 0.2) is 71.2 Å².